The molecule has 1 unspecified atom stereocenters. The number of rotatable bonds is 7. The van der Waals surface area contributed by atoms with E-state index in [0.29, 0.717) is 6.04 Å². The van der Waals surface area contributed by atoms with Crippen LogP contribution in [0.25, 0.3) is 21.8 Å². The molecule has 0 radical (unpaired) electrons. The van der Waals surface area contributed by atoms with Crippen molar-refractivity contribution in [3.8, 4) is 0 Å². The summed E-state index contributed by atoms with van der Waals surface area (Å²) >= 11 is 3.62. The van der Waals surface area contributed by atoms with E-state index in [0.717, 1.165) is 4.47 Å². The van der Waals surface area contributed by atoms with Crippen LogP contribution in [0.15, 0.2) is 46.9 Å². The summed E-state index contributed by atoms with van der Waals surface area (Å²) < 4.78 is 3.69. The van der Waals surface area contributed by atoms with E-state index in [1.807, 2.05) is 0 Å². The van der Waals surface area contributed by atoms with E-state index in [2.05, 4.69) is 76.8 Å². The van der Waals surface area contributed by atoms with Crippen molar-refractivity contribution in [3.05, 3.63) is 46.9 Å². The van der Waals surface area contributed by atoms with Gasteiger partial charge >= 0.3 is 0 Å². The summed E-state index contributed by atoms with van der Waals surface area (Å²) in [4.78, 5) is 0. The van der Waals surface area contributed by atoms with Crippen molar-refractivity contribution in [1.29, 1.82) is 0 Å². The van der Waals surface area contributed by atoms with E-state index in [-0.39, 0.29) is 0 Å². The van der Waals surface area contributed by atoms with E-state index in [1.54, 1.807) is 0 Å². The van der Waals surface area contributed by atoms with Gasteiger partial charge in [-0.3, -0.25) is 0 Å². The van der Waals surface area contributed by atoms with Crippen LogP contribution in [0.2, 0.25) is 0 Å². The second-order valence-electron chi connectivity index (χ2n) is 6.60. The summed E-state index contributed by atoms with van der Waals surface area (Å²) in [5, 5.41) is 2.72. The standard InChI is InChI=1S/C21H26BrN/c1-3-4-5-6-7-10-16(2)23-20-12-9-8-11-18(20)19-15-17(22)13-14-21(19)23/h8-9,11-16H,3-7,10H2,1-2H3. The normalized spacial score (nSPS) is 13.0. The summed E-state index contributed by atoms with van der Waals surface area (Å²) in [5.74, 6) is 0. The van der Waals surface area contributed by atoms with Gasteiger partial charge in [-0.05, 0) is 37.6 Å². The largest absolute Gasteiger partial charge is 0.338 e. The molecule has 2 heteroatoms. The highest BCUT2D eigenvalue weighted by atomic mass is 79.9. The van der Waals surface area contributed by atoms with Crippen molar-refractivity contribution in [3.63, 3.8) is 0 Å². The SMILES string of the molecule is CCCCCCCC(C)n1c2ccccc2c2cc(Br)ccc21. The topological polar surface area (TPSA) is 4.93 Å². The van der Waals surface area contributed by atoms with Crippen LogP contribution in [0.1, 0.15) is 58.4 Å². The highest BCUT2D eigenvalue weighted by molar-refractivity contribution is 9.10. The molecule has 1 atom stereocenters. The Hall–Kier alpha value is -1.28. The summed E-state index contributed by atoms with van der Waals surface area (Å²) in [5.41, 5.74) is 2.72. The molecule has 0 fully saturated rings. The van der Waals surface area contributed by atoms with Crippen LogP contribution < -0.4 is 0 Å². The maximum Gasteiger partial charge on any atom is 0.0494 e. The van der Waals surface area contributed by atoms with Crippen molar-refractivity contribution in [2.45, 2.75) is 58.4 Å². The molecule has 0 bridgehead atoms. The molecule has 122 valence electrons. The zero-order valence-electron chi connectivity index (χ0n) is 14.2. The lowest BCUT2D eigenvalue weighted by molar-refractivity contribution is 0.489. The Morgan fingerprint density at radius 2 is 1.65 bits per heavy atom. The number of hydrogen-bond donors (Lipinski definition) is 0. The molecule has 2 aromatic carbocycles. The minimum absolute atomic E-state index is 0.542. The first kappa shape index (κ1) is 16.6. The quantitative estimate of drug-likeness (QED) is 0.379. The molecule has 1 aromatic heterocycles. The summed E-state index contributed by atoms with van der Waals surface area (Å²) in [6.45, 7) is 4.65. The van der Waals surface area contributed by atoms with Gasteiger partial charge < -0.3 is 4.57 Å². The Bertz CT molecular complexity index is 787. The molecule has 0 saturated heterocycles. The van der Waals surface area contributed by atoms with Crippen molar-refractivity contribution >= 4 is 37.7 Å². The van der Waals surface area contributed by atoms with Crippen LogP contribution in [-0.2, 0) is 0 Å². The van der Waals surface area contributed by atoms with E-state index < -0.39 is 0 Å². The van der Waals surface area contributed by atoms with Gasteiger partial charge in [0, 0.05) is 32.3 Å². The Morgan fingerprint density at radius 3 is 2.48 bits per heavy atom. The van der Waals surface area contributed by atoms with Gasteiger partial charge in [-0.1, -0.05) is 73.2 Å². The highest BCUT2D eigenvalue weighted by Crippen LogP contribution is 2.34. The summed E-state index contributed by atoms with van der Waals surface area (Å²) in [6.07, 6.45) is 8.01. The Morgan fingerprint density at radius 1 is 0.913 bits per heavy atom. The summed E-state index contributed by atoms with van der Waals surface area (Å²) in [7, 11) is 0. The van der Waals surface area contributed by atoms with Crippen molar-refractivity contribution in [2.75, 3.05) is 0 Å². The first-order valence-electron chi connectivity index (χ1n) is 8.90. The maximum atomic E-state index is 3.62. The van der Waals surface area contributed by atoms with Crippen molar-refractivity contribution in [1.82, 2.24) is 4.57 Å². The van der Waals surface area contributed by atoms with Gasteiger partial charge in [-0.2, -0.15) is 0 Å². The van der Waals surface area contributed by atoms with E-state index in [9.17, 15) is 0 Å². The third-order valence-corrected chi connectivity index (χ3v) is 5.33. The molecule has 0 aliphatic carbocycles. The number of fused-ring (bicyclic) bond motifs is 3. The second-order valence-corrected chi connectivity index (χ2v) is 7.52. The Balaban J connectivity index is 1.92. The summed E-state index contributed by atoms with van der Waals surface area (Å²) in [6, 6.07) is 16.0. The third-order valence-electron chi connectivity index (χ3n) is 4.84. The lowest BCUT2D eigenvalue weighted by Gasteiger charge is -2.17. The molecule has 0 aliphatic rings. The molecule has 0 amide bonds. The second kappa shape index (κ2) is 7.53. The van der Waals surface area contributed by atoms with Gasteiger partial charge in [-0.25, -0.2) is 0 Å². The predicted octanol–water partition coefficient (Wildman–Crippen LogP) is 7.48. The van der Waals surface area contributed by atoms with Crippen molar-refractivity contribution < 1.29 is 0 Å². The average molecular weight is 372 g/mol. The molecule has 1 nitrogen and oxygen atoms in total. The molecular formula is C21H26BrN. The number of aromatic nitrogens is 1. The number of unbranched alkanes of at least 4 members (excludes halogenated alkanes) is 4. The first-order chi connectivity index (χ1) is 11.2. The fraction of sp³-hybridized carbons (Fsp3) is 0.429. The van der Waals surface area contributed by atoms with Gasteiger partial charge in [0.2, 0.25) is 0 Å². The Kier molecular flexibility index (Phi) is 5.42. The van der Waals surface area contributed by atoms with E-state index in [1.165, 1.54) is 60.3 Å². The zero-order chi connectivity index (χ0) is 16.2. The first-order valence-corrected chi connectivity index (χ1v) is 9.70. The van der Waals surface area contributed by atoms with Gasteiger partial charge in [0.25, 0.3) is 0 Å². The van der Waals surface area contributed by atoms with Crippen LogP contribution in [0.5, 0.6) is 0 Å². The molecule has 0 N–H and O–H groups in total. The lowest BCUT2D eigenvalue weighted by atomic mass is 10.1. The zero-order valence-corrected chi connectivity index (χ0v) is 15.8. The number of hydrogen-bond acceptors (Lipinski definition) is 0. The molecule has 3 rings (SSSR count). The van der Waals surface area contributed by atoms with E-state index in [4.69, 9.17) is 0 Å². The van der Waals surface area contributed by atoms with Crippen LogP contribution in [0.4, 0.5) is 0 Å². The van der Waals surface area contributed by atoms with Crippen LogP contribution in [0, 0.1) is 0 Å². The van der Waals surface area contributed by atoms with Gasteiger partial charge in [0.1, 0.15) is 0 Å². The minimum Gasteiger partial charge on any atom is -0.338 e. The molecule has 0 saturated carbocycles. The van der Waals surface area contributed by atoms with Crippen LogP contribution in [-0.4, -0.2) is 4.57 Å². The highest BCUT2D eigenvalue weighted by Gasteiger charge is 2.14. The van der Waals surface area contributed by atoms with Crippen LogP contribution in [0.3, 0.4) is 0 Å². The number of halogens is 1. The fourth-order valence-corrected chi connectivity index (χ4v) is 3.98. The molecular weight excluding hydrogens is 346 g/mol. The molecule has 0 aliphatic heterocycles. The van der Waals surface area contributed by atoms with Crippen molar-refractivity contribution in [2.24, 2.45) is 0 Å². The lowest BCUT2D eigenvalue weighted by Crippen LogP contribution is -2.04. The third kappa shape index (κ3) is 3.47. The van der Waals surface area contributed by atoms with Gasteiger partial charge in [-0.15, -0.1) is 0 Å². The molecule has 0 spiro atoms. The fourth-order valence-electron chi connectivity index (χ4n) is 3.62. The molecule has 3 aromatic rings. The number of para-hydroxylation sites is 1. The average Bonchev–Trinajstić information content (AvgIpc) is 2.88. The maximum absolute atomic E-state index is 3.62. The van der Waals surface area contributed by atoms with Crippen LogP contribution >= 0.6 is 15.9 Å². The van der Waals surface area contributed by atoms with Gasteiger partial charge in [0.15, 0.2) is 0 Å². The smallest absolute Gasteiger partial charge is 0.0494 e. The Labute approximate surface area is 147 Å². The number of nitrogens with zero attached hydrogens (tertiary/aromatic N) is 1. The monoisotopic (exact) mass is 371 g/mol. The number of benzene rings is 2. The molecule has 23 heavy (non-hydrogen) atoms. The minimum atomic E-state index is 0.542. The van der Waals surface area contributed by atoms with E-state index >= 15 is 0 Å². The predicted molar refractivity (Wildman–Crippen MR) is 105 cm³/mol. The molecule has 1 heterocycles. The van der Waals surface area contributed by atoms with Gasteiger partial charge in [0.05, 0.1) is 0 Å².